The number of benzene rings is 2. The van der Waals surface area contributed by atoms with E-state index in [2.05, 4.69) is 15.5 Å². The fraction of sp³-hybridized carbons (Fsp3) is 0.250. The Kier molecular flexibility index (Phi) is 6.66. The lowest BCUT2D eigenvalue weighted by molar-refractivity contribution is -0.129. The third-order valence-corrected chi connectivity index (χ3v) is 5.09. The van der Waals surface area contributed by atoms with Crippen LogP contribution in [0, 0.1) is 5.82 Å². The van der Waals surface area contributed by atoms with Gasteiger partial charge >= 0.3 is 0 Å². The molecule has 6 nitrogen and oxygen atoms in total. The Morgan fingerprint density at radius 3 is 2.45 bits per heavy atom. The first-order valence-corrected chi connectivity index (χ1v) is 9.80. The third-order valence-electron chi connectivity index (χ3n) is 4.59. The predicted octanol–water partition coefficient (Wildman–Crippen LogP) is 3.27. The Hall–Kier alpha value is -2.71. The average molecular weight is 435 g/mol. The molecule has 2 aromatic carbocycles. The number of anilines is 2. The van der Waals surface area contributed by atoms with Gasteiger partial charge in [-0.25, -0.2) is 4.39 Å². The number of rotatable bonds is 3. The van der Waals surface area contributed by atoms with E-state index in [4.69, 9.17) is 23.8 Å². The van der Waals surface area contributed by atoms with Crippen LogP contribution in [0.5, 0.6) is 0 Å². The Bertz CT molecular complexity index is 948. The number of piperazine rings is 1. The van der Waals surface area contributed by atoms with Gasteiger partial charge in [-0.15, -0.1) is 0 Å². The highest BCUT2D eigenvalue weighted by Gasteiger charge is 2.20. The largest absolute Gasteiger partial charge is 0.367 e. The quantitative estimate of drug-likeness (QED) is 0.726. The molecule has 152 valence electrons. The first-order valence-electron chi connectivity index (χ1n) is 9.01. The van der Waals surface area contributed by atoms with Gasteiger partial charge in [0.1, 0.15) is 5.82 Å². The molecule has 2 amide bonds. The molecule has 0 aromatic heterocycles. The number of halogens is 2. The molecule has 2 N–H and O–H groups in total. The minimum Gasteiger partial charge on any atom is -0.367 e. The lowest BCUT2D eigenvalue weighted by Crippen LogP contribution is -2.48. The standard InChI is InChI=1S/C20H20ClFN4O2S/c1-13(27)25-7-9-26(10-8-25)18-6-5-16(12-17(18)21)23-20(29)24-19(28)14-3-2-4-15(22)11-14/h2-6,11-12H,7-10H2,1H3,(H2,23,24,28,29). The second-order valence-electron chi connectivity index (χ2n) is 6.58. The fourth-order valence-corrected chi connectivity index (χ4v) is 3.58. The van der Waals surface area contributed by atoms with Crippen molar-refractivity contribution in [3.8, 4) is 0 Å². The molecular formula is C20H20ClFN4O2S. The zero-order chi connectivity index (χ0) is 21.0. The summed E-state index contributed by atoms with van der Waals surface area (Å²) in [5.74, 6) is -0.930. The summed E-state index contributed by atoms with van der Waals surface area (Å²) in [5, 5.41) is 6.02. The van der Waals surface area contributed by atoms with Crippen LogP contribution in [0.3, 0.4) is 0 Å². The summed E-state index contributed by atoms with van der Waals surface area (Å²) >= 11 is 11.6. The van der Waals surface area contributed by atoms with Crippen LogP contribution in [-0.4, -0.2) is 48.0 Å². The minimum absolute atomic E-state index is 0.0732. The number of nitrogens with one attached hydrogen (secondary N) is 2. The number of thiocarbonyl (C=S) groups is 1. The van der Waals surface area contributed by atoms with Gasteiger partial charge in [-0.05, 0) is 48.6 Å². The number of carbonyl (C=O) groups is 2. The van der Waals surface area contributed by atoms with E-state index >= 15 is 0 Å². The van der Waals surface area contributed by atoms with E-state index in [1.54, 1.807) is 24.0 Å². The topological polar surface area (TPSA) is 64.7 Å². The zero-order valence-corrected chi connectivity index (χ0v) is 17.3. The van der Waals surface area contributed by atoms with E-state index < -0.39 is 11.7 Å². The molecule has 1 heterocycles. The second kappa shape index (κ2) is 9.19. The summed E-state index contributed by atoms with van der Waals surface area (Å²) in [7, 11) is 0. The van der Waals surface area contributed by atoms with Crippen molar-refractivity contribution < 1.29 is 14.0 Å². The zero-order valence-electron chi connectivity index (χ0n) is 15.7. The molecule has 1 fully saturated rings. The van der Waals surface area contributed by atoms with Crippen molar-refractivity contribution in [2.45, 2.75) is 6.92 Å². The van der Waals surface area contributed by atoms with Gasteiger partial charge in [-0.1, -0.05) is 17.7 Å². The first kappa shape index (κ1) is 21.0. The predicted molar refractivity (Wildman–Crippen MR) is 116 cm³/mol. The normalized spacial score (nSPS) is 13.8. The summed E-state index contributed by atoms with van der Waals surface area (Å²) in [6.45, 7) is 4.28. The van der Waals surface area contributed by atoms with Crippen LogP contribution >= 0.6 is 23.8 Å². The van der Waals surface area contributed by atoms with Gasteiger partial charge in [0.15, 0.2) is 5.11 Å². The summed E-state index contributed by atoms with van der Waals surface area (Å²) in [6, 6.07) is 10.7. The Morgan fingerprint density at radius 1 is 1.10 bits per heavy atom. The number of nitrogens with zero attached hydrogens (tertiary/aromatic N) is 2. The molecule has 0 radical (unpaired) electrons. The van der Waals surface area contributed by atoms with Crippen LogP contribution in [-0.2, 0) is 4.79 Å². The molecule has 1 aliphatic heterocycles. The van der Waals surface area contributed by atoms with Crippen molar-refractivity contribution in [1.29, 1.82) is 0 Å². The maximum Gasteiger partial charge on any atom is 0.257 e. The van der Waals surface area contributed by atoms with E-state index in [0.717, 1.165) is 11.8 Å². The van der Waals surface area contributed by atoms with Gasteiger partial charge in [-0.2, -0.15) is 0 Å². The molecule has 0 bridgehead atoms. The molecule has 2 aromatic rings. The van der Waals surface area contributed by atoms with Crippen LogP contribution in [0.4, 0.5) is 15.8 Å². The molecular weight excluding hydrogens is 415 g/mol. The molecule has 0 aliphatic carbocycles. The summed E-state index contributed by atoms with van der Waals surface area (Å²) in [4.78, 5) is 27.5. The molecule has 3 rings (SSSR count). The van der Waals surface area contributed by atoms with E-state index in [1.807, 2.05) is 6.07 Å². The number of amides is 2. The number of hydrogen-bond donors (Lipinski definition) is 2. The maximum atomic E-state index is 13.2. The SMILES string of the molecule is CC(=O)N1CCN(c2ccc(NC(=S)NC(=O)c3cccc(F)c3)cc2Cl)CC1. The molecule has 0 unspecified atom stereocenters. The van der Waals surface area contributed by atoms with Gasteiger partial charge < -0.3 is 15.1 Å². The van der Waals surface area contributed by atoms with Crippen LogP contribution in [0.25, 0.3) is 0 Å². The van der Waals surface area contributed by atoms with Gasteiger partial charge in [0, 0.05) is 44.4 Å². The van der Waals surface area contributed by atoms with Crippen LogP contribution in [0.1, 0.15) is 17.3 Å². The first-order chi connectivity index (χ1) is 13.8. The van der Waals surface area contributed by atoms with E-state index in [9.17, 15) is 14.0 Å². The molecule has 0 saturated carbocycles. The number of carbonyl (C=O) groups excluding carboxylic acids is 2. The van der Waals surface area contributed by atoms with E-state index in [1.165, 1.54) is 18.2 Å². The Morgan fingerprint density at radius 2 is 1.83 bits per heavy atom. The van der Waals surface area contributed by atoms with Crippen molar-refractivity contribution in [1.82, 2.24) is 10.2 Å². The molecule has 1 aliphatic rings. The monoisotopic (exact) mass is 434 g/mol. The highest BCUT2D eigenvalue weighted by atomic mass is 35.5. The highest BCUT2D eigenvalue weighted by molar-refractivity contribution is 7.80. The van der Waals surface area contributed by atoms with Crippen molar-refractivity contribution in [3.05, 3.63) is 58.9 Å². The highest BCUT2D eigenvalue weighted by Crippen LogP contribution is 2.29. The van der Waals surface area contributed by atoms with Crippen LogP contribution in [0.2, 0.25) is 5.02 Å². The smallest absolute Gasteiger partial charge is 0.257 e. The Labute approximate surface area is 178 Å². The van der Waals surface area contributed by atoms with Gasteiger partial charge in [0.05, 0.1) is 10.7 Å². The molecule has 0 atom stereocenters. The average Bonchev–Trinajstić information content (AvgIpc) is 2.68. The summed E-state index contributed by atoms with van der Waals surface area (Å²) < 4.78 is 13.2. The van der Waals surface area contributed by atoms with Gasteiger partial charge in [0.25, 0.3) is 5.91 Å². The third kappa shape index (κ3) is 5.42. The fourth-order valence-electron chi connectivity index (χ4n) is 3.07. The van der Waals surface area contributed by atoms with Crippen molar-refractivity contribution in [2.75, 3.05) is 36.4 Å². The maximum absolute atomic E-state index is 13.2. The molecule has 0 spiro atoms. The molecule has 29 heavy (non-hydrogen) atoms. The van der Waals surface area contributed by atoms with E-state index in [0.29, 0.717) is 36.9 Å². The Balaban J connectivity index is 1.59. The van der Waals surface area contributed by atoms with Gasteiger partial charge in [-0.3, -0.25) is 14.9 Å². The second-order valence-corrected chi connectivity index (χ2v) is 7.39. The minimum atomic E-state index is -0.506. The van der Waals surface area contributed by atoms with E-state index in [-0.39, 0.29) is 16.6 Å². The van der Waals surface area contributed by atoms with Gasteiger partial charge in [0.2, 0.25) is 5.91 Å². The molecule has 1 saturated heterocycles. The van der Waals surface area contributed by atoms with Crippen molar-refractivity contribution in [2.24, 2.45) is 0 Å². The lowest BCUT2D eigenvalue weighted by Gasteiger charge is -2.36. The van der Waals surface area contributed by atoms with Crippen molar-refractivity contribution in [3.63, 3.8) is 0 Å². The van der Waals surface area contributed by atoms with Crippen molar-refractivity contribution >= 4 is 52.1 Å². The van der Waals surface area contributed by atoms with Crippen LogP contribution < -0.4 is 15.5 Å². The summed E-state index contributed by atoms with van der Waals surface area (Å²) in [6.07, 6.45) is 0. The lowest BCUT2D eigenvalue weighted by atomic mass is 10.2. The number of hydrogen-bond acceptors (Lipinski definition) is 4. The molecule has 9 heteroatoms. The summed E-state index contributed by atoms with van der Waals surface area (Å²) in [5.41, 5.74) is 1.66. The van der Waals surface area contributed by atoms with Crippen LogP contribution in [0.15, 0.2) is 42.5 Å².